The molecule has 6 nitrogen and oxygen atoms in total. The minimum atomic E-state index is -0.908. The van der Waals surface area contributed by atoms with Crippen molar-refractivity contribution in [1.29, 1.82) is 0 Å². The van der Waals surface area contributed by atoms with Crippen LogP contribution < -0.4 is 10.1 Å². The number of amides is 2. The molecule has 6 heteroatoms. The molecule has 1 aromatic carbocycles. The molecule has 3 rings (SSSR count). The summed E-state index contributed by atoms with van der Waals surface area (Å²) in [5.74, 6) is 0.927. The van der Waals surface area contributed by atoms with E-state index in [1.165, 1.54) is 4.90 Å². The lowest BCUT2D eigenvalue weighted by atomic mass is 9.68. The second kappa shape index (κ2) is 5.51. The molecule has 2 heterocycles. The van der Waals surface area contributed by atoms with Crippen molar-refractivity contribution in [3.05, 3.63) is 29.8 Å². The number of rotatable bonds is 2. The number of carbonyl (C=O) groups is 2. The lowest BCUT2D eigenvalue weighted by molar-refractivity contribution is -0.130. The Morgan fingerprint density at radius 2 is 1.95 bits per heavy atom. The molecule has 1 unspecified atom stereocenters. The fourth-order valence-electron chi connectivity index (χ4n) is 3.67. The first-order valence-electron chi connectivity index (χ1n) is 7.47. The smallest absolute Gasteiger partial charge is 0.407 e. The van der Waals surface area contributed by atoms with Crippen LogP contribution >= 0.6 is 0 Å². The molecular formula is C16H20N2O4. The van der Waals surface area contributed by atoms with Gasteiger partial charge in [0.1, 0.15) is 5.75 Å². The quantitative estimate of drug-likeness (QED) is 0.871. The first kappa shape index (κ1) is 14.7. The third-order valence-electron chi connectivity index (χ3n) is 5.03. The maximum atomic E-state index is 12.4. The van der Waals surface area contributed by atoms with Gasteiger partial charge in [0.2, 0.25) is 5.91 Å². The van der Waals surface area contributed by atoms with E-state index in [9.17, 15) is 9.59 Å². The molecule has 1 aromatic rings. The van der Waals surface area contributed by atoms with Crippen LogP contribution in [0.3, 0.4) is 0 Å². The summed E-state index contributed by atoms with van der Waals surface area (Å²) in [4.78, 5) is 24.9. The van der Waals surface area contributed by atoms with E-state index in [1.807, 2.05) is 24.3 Å². The molecule has 0 radical (unpaired) electrons. The lowest BCUT2D eigenvalue weighted by Gasteiger charge is -2.40. The summed E-state index contributed by atoms with van der Waals surface area (Å²) in [5.41, 5.74) is 0.614. The number of carbonyl (C=O) groups excluding carboxylic acids is 1. The largest absolute Gasteiger partial charge is 0.497 e. The first-order valence-corrected chi connectivity index (χ1v) is 7.47. The molecule has 118 valence electrons. The zero-order chi connectivity index (χ0) is 15.7. The Hall–Kier alpha value is -2.24. The molecule has 2 N–H and O–H groups in total. The molecule has 22 heavy (non-hydrogen) atoms. The predicted molar refractivity (Wildman–Crippen MR) is 80.0 cm³/mol. The van der Waals surface area contributed by atoms with Gasteiger partial charge in [0.05, 0.1) is 12.5 Å². The van der Waals surface area contributed by atoms with Gasteiger partial charge in [-0.05, 0) is 30.5 Å². The zero-order valence-corrected chi connectivity index (χ0v) is 12.5. The molecule has 2 fully saturated rings. The minimum Gasteiger partial charge on any atom is -0.497 e. The van der Waals surface area contributed by atoms with Crippen LogP contribution in [0, 0.1) is 5.41 Å². The maximum absolute atomic E-state index is 12.4. The van der Waals surface area contributed by atoms with Crippen molar-refractivity contribution in [3.63, 3.8) is 0 Å². The number of benzene rings is 1. The summed E-state index contributed by atoms with van der Waals surface area (Å²) in [6.45, 7) is 1.43. The Bertz CT molecular complexity index is 576. The van der Waals surface area contributed by atoms with Crippen molar-refractivity contribution >= 4 is 12.0 Å². The molecule has 0 bridgehead atoms. The average molecular weight is 304 g/mol. The van der Waals surface area contributed by atoms with Crippen molar-refractivity contribution in [1.82, 2.24) is 10.2 Å². The van der Waals surface area contributed by atoms with Crippen molar-refractivity contribution < 1.29 is 19.4 Å². The molecular weight excluding hydrogens is 284 g/mol. The zero-order valence-electron chi connectivity index (χ0n) is 12.5. The fraction of sp³-hybridized carbons (Fsp3) is 0.500. The number of hydrogen-bond donors (Lipinski definition) is 2. The molecule has 2 amide bonds. The summed E-state index contributed by atoms with van der Waals surface area (Å²) in [6.07, 6.45) is 0.234. The maximum Gasteiger partial charge on any atom is 0.407 e. The number of nitrogens with zero attached hydrogens (tertiary/aromatic N) is 1. The van der Waals surface area contributed by atoms with Crippen LogP contribution in [-0.2, 0) is 4.79 Å². The van der Waals surface area contributed by atoms with Crippen molar-refractivity contribution in [2.24, 2.45) is 5.41 Å². The standard InChI is InChI=1S/C16H20N2O4/c1-22-12-4-2-11(3-5-12)13-10-17-14(19)16(13)6-8-18(9-7-16)15(20)21/h2-5,13H,6-10H2,1H3,(H,17,19)(H,20,21). The number of methoxy groups -OCH3 is 1. The third-order valence-corrected chi connectivity index (χ3v) is 5.03. The first-order chi connectivity index (χ1) is 10.6. The molecule has 0 saturated carbocycles. The van der Waals surface area contributed by atoms with Gasteiger partial charge in [0, 0.05) is 25.6 Å². The third kappa shape index (κ3) is 2.28. The van der Waals surface area contributed by atoms with E-state index >= 15 is 0 Å². The highest BCUT2D eigenvalue weighted by molar-refractivity contribution is 5.87. The lowest BCUT2D eigenvalue weighted by Crippen LogP contribution is -2.47. The Balaban J connectivity index is 1.84. The summed E-state index contributed by atoms with van der Waals surface area (Å²) in [5, 5.41) is 12.1. The van der Waals surface area contributed by atoms with Crippen LogP contribution in [0.15, 0.2) is 24.3 Å². The van der Waals surface area contributed by atoms with E-state index in [0.29, 0.717) is 32.5 Å². The van der Waals surface area contributed by atoms with E-state index < -0.39 is 11.5 Å². The van der Waals surface area contributed by atoms with E-state index in [2.05, 4.69) is 5.32 Å². The molecule has 0 aromatic heterocycles. The Kier molecular flexibility index (Phi) is 3.68. The van der Waals surface area contributed by atoms with Crippen molar-refractivity contribution in [3.8, 4) is 5.75 Å². The van der Waals surface area contributed by atoms with Crippen LogP contribution in [0.4, 0.5) is 4.79 Å². The minimum absolute atomic E-state index is 0.0540. The van der Waals surface area contributed by atoms with Crippen molar-refractivity contribution in [2.45, 2.75) is 18.8 Å². The molecule has 0 aliphatic carbocycles. The second-order valence-corrected chi connectivity index (χ2v) is 5.96. The van der Waals surface area contributed by atoms with Gasteiger partial charge >= 0.3 is 6.09 Å². The number of piperidine rings is 1. The monoisotopic (exact) mass is 304 g/mol. The summed E-state index contributed by atoms with van der Waals surface area (Å²) in [7, 11) is 1.62. The van der Waals surface area contributed by atoms with Gasteiger partial charge in [-0.2, -0.15) is 0 Å². The number of ether oxygens (including phenoxy) is 1. The second-order valence-electron chi connectivity index (χ2n) is 5.96. The van der Waals surface area contributed by atoms with Gasteiger partial charge in [0.25, 0.3) is 0 Å². The average Bonchev–Trinajstić information content (AvgIpc) is 2.85. The number of hydrogen-bond acceptors (Lipinski definition) is 3. The van der Waals surface area contributed by atoms with Crippen LogP contribution in [0.25, 0.3) is 0 Å². The molecule has 1 atom stereocenters. The SMILES string of the molecule is COc1ccc(C2CNC(=O)C23CCN(C(=O)O)CC3)cc1. The van der Waals surface area contributed by atoms with Gasteiger partial charge < -0.3 is 20.1 Å². The van der Waals surface area contributed by atoms with Gasteiger partial charge in [-0.1, -0.05) is 12.1 Å². The molecule has 2 aliphatic rings. The molecule has 2 aliphatic heterocycles. The van der Waals surface area contributed by atoms with Crippen LogP contribution in [0.1, 0.15) is 24.3 Å². The summed E-state index contributed by atoms with van der Waals surface area (Å²) < 4.78 is 5.18. The molecule has 2 saturated heterocycles. The van der Waals surface area contributed by atoms with E-state index in [-0.39, 0.29) is 11.8 Å². The topological polar surface area (TPSA) is 78.9 Å². The van der Waals surface area contributed by atoms with Crippen LogP contribution in [-0.4, -0.2) is 48.8 Å². The van der Waals surface area contributed by atoms with Crippen LogP contribution in [0.5, 0.6) is 5.75 Å². The van der Waals surface area contributed by atoms with E-state index in [4.69, 9.17) is 9.84 Å². The van der Waals surface area contributed by atoms with Gasteiger partial charge in [0.15, 0.2) is 0 Å². The number of carboxylic acid groups (broad SMARTS) is 1. The Morgan fingerprint density at radius 3 is 2.50 bits per heavy atom. The highest BCUT2D eigenvalue weighted by atomic mass is 16.5. The van der Waals surface area contributed by atoms with Crippen molar-refractivity contribution in [2.75, 3.05) is 26.7 Å². The predicted octanol–water partition coefficient (Wildman–Crippen LogP) is 1.67. The van der Waals surface area contributed by atoms with Gasteiger partial charge in [-0.15, -0.1) is 0 Å². The van der Waals surface area contributed by atoms with Gasteiger partial charge in [-0.25, -0.2) is 4.79 Å². The van der Waals surface area contributed by atoms with Gasteiger partial charge in [-0.3, -0.25) is 4.79 Å². The summed E-state index contributed by atoms with van der Waals surface area (Å²) >= 11 is 0. The van der Waals surface area contributed by atoms with E-state index in [1.54, 1.807) is 7.11 Å². The highest BCUT2D eigenvalue weighted by Crippen LogP contribution is 2.47. The van der Waals surface area contributed by atoms with E-state index in [0.717, 1.165) is 11.3 Å². The fourth-order valence-corrected chi connectivity index (χ4v) is 3.67. The summed E-state index contributed by atoms with van der Waals surface area (Å²) in [6, 6.07) is 7.79. The normalized spacial score (nSPS) is 23.4. The highest BCUT2D eigenvalue weighted by Gasteiger charge is 2.52. The Labute approximate surface area is 129 Å². The molecule has 1 spiro atoms. The van der Waals surface area contributed by atoms with Crippen LogP contribution in [0.2, 0.25) is 0 Å². The number of nitrogens with one attached hydrogen (secondary N) is 1. The number of likely N-dealkylation sites (tertiary alicyclic amines) is 1. The Morgan fingerprint density at radius 1 is 1.32 bits per heavy atom.